The van der Waals surface area contributed by atoms with Gasteiger partial charge in [-0.25, -0.2) is 0 Å². The van der Waals surface area contributed by atoms with E-state index in [2.05, 4.69) is 15.9 Å². The lowest BCUT2D eigenvalue weighted by molar-refractivity contribution is 0.104. The Morgan fingerprint density at radius 3 is 2.77 bits per heavy atom. The molecular formula is C9H10BrNOS. The number of halogens is 1. The maximum absolute atomic E-state index is 11.5. The van der Waals surface area contributed by atoms with Crippen LogP contribution in [0.3, 0.4) is 0 Å². The Hall–Kier alpha value is -0.610. The van der Waals surface area contributed by atoms with E-state index in [4.69, 9.17) is 0 Å². The highest BCUT2D eigenvalue weighted by molar-refractivity contribution is 9.10. The minimum absolute atomic E-state index is 0.0376. The van der Waals surface area contributed by atoms with Gasteiger partial charge in [0.15, 0.2) is 5.78 Å². The van der Waals surface area contributed by atoms with Crippen LogP contribution >= 0.6 is 27.3 Å². The smallest absolute Gasteiger partial charge is 0.198 e. The molecule has 2 nitrogen and oxygen atoms in total. The van der Waals surface area contributed by atoms with Gasteiger partial charge in [0.1, 0.15) is 0 Å². The molecule has 0 radical (unpaired) electrons. The van der Waals surface area contributed by atoms with Crippen molar-refractivity contribution in [3.8, 4) is 0 Å². The molecule has 13 heavy (non-hydrogen) atoms. The van der Waals surface area contributed by atoms with E-state index in [1.807, 2.05) is 30.4 Å². The number of carbonyl (C=O) groups excluding carboxylic acids is 1. The molecular weight excluding hydrogens is 250 g/mol. The van der Waals surface area contributed by atoms with Crippen LogP contribution in [-0.4, -0.2) is 24.8 Å². The van der Waals surface area contributed by atoms with E-state index >= 15 is 0 Å². The van der Waals surface area contributed by atoms with E-state index in [0.29, 0.717) is 0 Å². The Bertz CT molecular complexity index is 330. The van der Waals surface area contributed by atoms with Gasteiger partial charge < -0.3 is 4.90 Å². The van der Waals surface area contributed by atoms with Crippen molar-refractivity contribution in [2.75, 3.05) is 14.1 Å². The number of nitrogens with zero attached hydrogens (tertiary/aromatic N) is 1. The first-order valence-electron chi connectivity index (χ1n) is 3.73. The molecule has 1 rings (SSSR count). The van der Waals surface area contributed by atoms with Crippen LogP contribution in [-0.2, 0) is 0 Å². The number of hydrogen-bond acceptors (Lipinski definition) is 3. The van der Waals surface area contributed by atoms with Crippen LogP contribution in [0.15, 0.2) is 28.2 Å². The average Bonchev–Trinajstić information content (AvgIpc) is 2.47. The summed E-state index contributed by atoms with van der Waals surface area (Å²) in [4.78, 5) is 14.1. The van der Waals surface area contributed by atoms with Gasteiger partial charge in [-0.2, -0.15) is 0 Å². The van der Waals surface area contributed by atoms with Crippen LogP contribution in [0, 0.1) is 0 Å². The molecule has 0 aliphatic carbocycles. The van der Waals surface area contributed by atoms with Crippen LogP contribution in [0.4, 0.5) is 0 Å². The van der Waals surface area contributed by atoms with Crippen molar-refractivity contribution >= 4 is 33.0 Å². The molecule has 0 unspecified atom stereocenters. The van der Waals surface area contributed by atoms with Gasteiger partial charge in [-0.15, -0.1) is 11.3 Å². The third-order valence-corrected chi connectivity index (χ3v) is 3.22. The molecule has 0 bridgehead atoms. The maximum Gasteiger partial charge on any atom is 0.198 e. The zero-order chi connectivity index (χ0) is 9.84. The largest absolute Gasteiger partial charge is 0.383 e. The van der Waals surface area contributed by atoms with Crippen LogP contribution < -0.4 is 0 Å². The summed E-state index contributed by atoms with van der Waals surface area (Å²) in [7, 11) is 3.76. The van der Waals surface area contributed by atoms with Gasteiger partial charge in [0, 0.05) is 30.8 Å². The van der Waals surface area contributed by atoms with Gasteiger partial charge in [0.05, 0.1) is 4.88 Å². The minimum atomic E-state index is 0.0376. The fourth-order valence-electron chi connectivity index (χ4n) is 0.762. The summed E-state index contributed by atoms with van der Waals surface area (Å²) in [6.45, 7) is 0. The molecule has 0 saturated carbocycles. The first-order chi connectivity index (χ1) is 6.11. The van der Waals surface area contributed by atoms with Gasteiger partial charge in [-0.3, -0.25) is 4.79 Å². The first-order valence-corrected chi connectivity index (χ1v) is 5.40. The van der Waals surface area contributed by atoms with Crippen molar-refractivity contribution in [1.82, 2.24) is 4.90 Å². The van der Waals surface area contributed by atoms with Crippen molar-refractivity contribution in [3.05, 3.63) is 33.1 Å². The number of thiophene rings is 1. The van der Waals surface area contributed by atoms with E-state index in [0.717, 1.165) is 9.35 Å². The molecule has 0 aromatic carbocycles. The van der Waals surface area contributed by atoms with E-state index in [-0.39, 0.29) is 5.78 Å². The number of ketones is 1. The molecule has 4 heteroatoms. The summed E-state index contributed by atoms with van der Waals surface area (Å²) >= 11 is 4.76. The van der Waals surface area contributed by atoms with E-state index < -0.39 is 0 Å². The van der Waals surface area contributed by atoms with Crippen LogP contribution in [0.2, 0.25) is 0 Å². The second-order valence-electron chi connectivity index (χ2n) is 2.74. The quantitative estimate of drug-likeness (QED) is 0.615. The molecule has 1 aromatic rings. The number of rotatable bonds is 3. The zero-order valence-electron chi connectivity index (χ0n) is 7.45. The summed E-state index contributed by atoms with van der Waals surface area (Å²) < 4.78 is 0.867. The third kappa shape index (κ3) is 2.97. The predicted molar refractivity (Wildman–Crippen MR) is 59.2 cm³/mol. The molecule has 1 heterocycles. The Balaban J connectivity index is 2.75. The van der Waals surface area contributed by atoms with E-state index in [1.54, 1.807) is 12.3 Å². The molecule has 0 aliphatic rings. The fraction of sp³-hybridized carbons (Fsp3) is 0.222. The molecule has 70 valence electrons. The topological polar surface area (TPSA) is 20.3 Å². The van der Waals surface area contributed by atoms with Crippen molar-refractivity contribution in [2.45, 2.75) is 0 Å². The lowest BCUT2D eigenvalue weighted by Gasteiger charge is -2.01. The van der Waals surface area contributed by atoms with Crippen molar-refractivity contribution in [1.29, 1.82) is 0 Å². The van der Waals surface area contributed by atoms with Gasteiger partial charge in [-0.1, -0.05) is 0 Å². The summed E-state index contributed by atoms with van der Waals surface area (Å²) in [5, 5.41) is 1.89. The van der Waals surface area contributed by atoms with Crippen molar-refractivity contribution < 1.29 is 4.79 Å². The Kier molecular flexibility index (Phi) is 3.69. The zero-order valence-corrected chi connectivity index (χ0v) is 9.85. The normalized spacial score (nSPS) is 10.7. The maximum atomic E-state index is 11.5. The molecule has 0 N–H and O–H groups in total. The Labute approximate surface area is 90.0 Å². The number of hydrogen-bond donors (Lipinski definition) is 0. The Morgan fingerprint density at radius 1 is 1.62 bits per heavy atom. The van der Waals surface area contributed by atoms with E-state index in [1.165, 1.54) is 11.3 Å². The SMILES string of the molecule is CN(C)/C=C\C(=O)c1sccc1Br. The standard InChI is InChI=1S/C9H10BrNOS/c1-11(2)5-3-8(12)9-7(10)4-6-13-9/h3-6H,1-2H3/b5-3-. The number of carbonyl (C=O) groups is 1. The molecule has 0 aliphatic heterocycles. The summed E-state index contributed by atoms with van der Waals surface area (Å²) in [5.41, 5.74) is 0. The molecule has 0 fully saturated rings. The highest BCUT2D eigenvalue weighted by Crippen LogP contribution is 2.23. The average molecular weight is 260 g/mol. The summed E-state index contributed by atoms with van der Waals surface area (Å²) in [5.74, 6) is 0.0376. The highest BCUT2D eigenvalue weighted by Gasteiger charge is 2.07. The van der Waals surface area contributed by atoms with Crippen molar-refractivity contribution in [3.63, 3.8) is 0 Å². The lowest BCUT2D eigenvalue weighted by Crippen LogP contribution is -2.02. The second kappa shape index (κ2) is 4.58. The molecule has 0 saturated heterocycles. The van der Waals surface area contributed by atoms with E-state index in [9.17, 15) is 4.79 Å². The monoisotopic (exact) mass is 259 g/mol. The van der Waals surface area contributed by atoms with Gasteiger partial charge in [0.25, 0.3) is 0 Å². The minimum Gasteiger partial charge on any atom is -0.383 e. The summed E-state index contributed by atoms with van der Waals surface area (Å²) in [6.07, 6.45) is 3.31. The van der Waals surface area contributed by atoms with Gasteiger partial charge in [-0.05, 0) is 27.4 Å². The lowest BCUT2D eigenvalue weighted by atomic mass is 10.3. The van der Waals surface area contributed by atoms with Crippen LogP contribution in [0.5, 0.6) is 0 Å². The van der Waals surface area contributed by atoms with Crippen LogP contribution in [0.25, 0.3) is 0 Å². The molecule has 0 amide bonds. The number of allylic oxidation sites excluding steroid dienone is 1. The highest BCUT2D eigenvalue weighted by atomic mass is 79.9. The first kappa shape index (κ1) is 10.5. The van der Waals surface area contributed by atoms with Gasteiger partial charge in [0.2, 0.25) is 0 Å². The third-order valence-electron chi connectivity index (χ3n) is 1.37. The molecule has 0 spiro atoms. The van der Waals surface area contributed by atoms with Crippen LogP contribution in [0.1, 0.15) is 9.67 Å². The molecule has 0 atom stereocenters. The molecule has 1 aromatic heterocycles. The predicted octanol–water partition coefficient (Wildman–Crippen LogP) is 2.77. The fourth-order valence-corrected chi connectivity index (χ4v) is 2.25. The van der Waals surface area contributed by atoms with Crippen molar-refractivity contribution in [2.24, 2.45) is 0 Å². The summed E-state index contributed by atoms with van der Waals surface area (Å²) in [6, 6.07) is 1.88. The van der Waals surface area contributed by atoms with Gasteiger partial charge >= 0.3 is 0 Å². The Morgan fingerprint density at radius 2 is 2.31 bits per heavy atom. The second-order valence-corrected chi connectivity index (χ2v) is 4.51.